The number of hydrogen-bond acceptors (Lipinski definition) is 4. The van der Waals surface area contributed by atoms with Crippen molar-refractivity contribution < 1.29 is 9.59 Å². The molecule has 1 atom stereocenters. The molecule has 0 spiro atoms. The molecule has 1 fully saturated rings. The Morgan fingerprint density at radius 1 is 1.20 bits per heavy atom. The summed E-state index contributed by atoms with van der Waals surface area (Å²) in [7, 11) is 0. The van der Waals surface area contributed by atoms with Crippen LogP contribution in [0.15, 0.2) is 24.3 Å². The predicted molar refractivity (Wildman–Crippen MR) is 74.9 cm³/mol. The van der Waals surface area contributed by atoms with Crippen LogP contribution in [0.1, 0.15) is 12.5 Å². The van der Waals surface area contributed by atoms with E-state index in [0.717, 1.165) is 11.3 Å². The molecule has 2 amide bonds. The van der Waals surface area contributed by atoms with E-state index in [9.17, 15) is 9.59 Å². The summed E-state index contributed by atoms with van der Waals surface area (Å²) in [5, 5.41) is 8.78. The second kappa shape index (κ2) is 5.74. The van der Waals surface area contributed by atoms with Crippen molar-refractivity contribution in [3.05, 3.63) is 29.8 Å². The lowest BCUT2D eigenvalue weighted by atomic mass is 10.1. The molecule has 1 aromatic rings. The van der Waals surface area contributed by atoms with Gasteiger partial charge in [0.05, 0.1) is 25.1 Å². The molecule has 1 aliphatic rings. The van der Waals surface area contributed by atoms with Crippen LogP contribution in [0.5, 0.6) is 0 Å². The molecular weight excluding hydrogens is 254 g/mol. The van der Waals surface area contributed by atoms with Gasteiger partial charge in [-0.2, -0.15) is 5.26 Å². The van der Waals surface area contributed by atoms with Gasteiger partial charge in [0.25, 0.3) is 0 Å². The Kier molecular flexibility index (Phi) is 4.04. The number of imide groups is 1. The summed E-state index contributed by atoms with van der Waals surface area (Å²) in [6.07, 6.45) is 0. The van der Waals surface area contributed by atoms with Gasteiger partial charge in [0.1, 0.15) is 0 Å². The molecule has 1 aromatic carbocycles. The first kappa shape index (κ1) is 14.1. The molecule has 0 aliphatic carbocycles. The molecule has 1 aliphatic heterocycles. The second-order valence-electron chi connectivity index (χ2n) is 5.12. The minimum atomic E-state index is -0.339. The number of anilines is 1. The molecule has 20 heavy (non-hydrogen) atoms. The average molecular weight is 271 g/mol. The number of carbonyl (C=O) groups is 2. The van der Waals surface area contributed by atoms with E-state index < -0.39 is 0 Å². The number of piperazine rings is 1. The molecular formula is C15H17N3O2. The minimum absolute atomic E-state index is 0.174. The first-order valence-corrected chi connectivity index (χ1v) is 6.55. The van der Waals surface area contributed by atoms with E-state index in [4.69, 9.17) is 5.26 Å². The Labute approximate surface area is 118 Å². The summed E-state index contributed by atoms with van der Waals surface area (Å²) >= 11 is 0. The first-order chi connectivity index (χ1) is 9.51. The van der Waals surface area contributed by atoms with Crippen molar-refractivity contribution in [3.63, 3.8) is 0 Å². The SMILES string of the molecule is Cc1ccc(N2CC(=O)N(CC(C)C#N)C(=O)C2)cc1. The number of rotatable bonds is 3. The van der Waals surface area contributed by atoms with Crippen LogP contribution in [0.3, 0.4) is 0 Å². The number of nitrogens with zero attached hydrogens (tertiary/aromatic N) is 3. The summed E-state index contributed by atoms with van der Waals surface area (Å²) in [5.41, 5.74) is 2.00. The lowest BCUT2D eigenvalue weighted by Crippen LogP contribution is -2.55. The Morgan fingerprint density at radius 2 is 1.75 bits per heavy atom. The zero-order valence-electron chi connectivity index (χ0n) is 11.7. The van der Waals surface area contributed by atoms with Crippen molar-refractivity contribution in [1.29, 1.82) is 5.26 Å². The number of aryl methyl sites for hydroxylation is 1. The van der Waals surface area contributed by atoms with Gasteiger partial charge in [-0.15, -0.1) is 0 Å². The molecule has 1 saturated heterocycles. The van der Waals surface area contributed by atoms with Gasteiger partial charge in [0, 0.05) is 12.2 Å². The molecule has 1 unspecified atom stereocenters. The van der Waals surface area contributed by atoms with Crippen molar-refractivity contribution in [2.24, 2.45) is 5.92 Å². The van der Waals surface area contributed by atoms with Crippen molar-refractivity contribution in [3.8, 4) is 6.07 Å². The van der Waals surface area contributed by atoms with Gasteiger partial charge in [0.15, 0.2) is 0 Å². The Morgan fingerprint density at radius 3 is 2.25 bits per heavy atom. The maximum absolute atomic E-state index is 12.1. The summed E-state index contributed by atoms with van der Waals surface area (Å²) in [6.45, 7) is 4.21. The highest BCUT2D eigenvalue weighted by atomic mass is 16.2. The topological polar surface area (TPSA) is 64.4 Å². The van der Waals surface area contributed by atoms with E-state index in [1.54, 1.807) is 11.8 Å². The number of hydrogen-bond donors (Lipinski definition) is 0. The maximum Gasteiger partial charge on any atom is 0.248 e. The van der Waals surface area contributed by atoms with Crippen LogP contribution in [0.25, 0.3) is 0 Å². The highest BCUT2D eigenvalue weighted by Gasteiger charge is 2.31. The zero-order chi connectivity index (χ0) is 14.7. The Balaban J connectivity index is 2.10. The number of nitriles is 1. The lowest BCUT2D eigenvalue weighted by Gasteiger charge is -2.34. The van der Waals surface area contributed by atoms with Crippen molar-refractivity contribution in [2.45, 2.75) is 13.8 Å². The van der Waals surface area contributed by atoms with E-state index in [-0.39, 0.29) is 37.4 Å². The molecule has 0 radical (unpaired) electrons. The molecule has 0 bridgehead atoms. The number of amides is 2. The van der Waals surface area contributed by atoms with Gasteiger partial charge >= 0.3 is 0 Å². The van der Waals surface area contributed by atoms with Crippen molar-refractivity contribution >= 4 is 17.5 Å². The third-order valence-corrected chi connectivity index (χ3v) is 3.33. The quantitative estimate of drug-likeness (QED) is 0.778. The van der Waals surface area contributed by atoms with Crippen LogP contribution in [0.4, 0.5) is 5.69 Å². The molecule has 5 heteroatoms. The van der Waals surface area contributed by atoms with E-state index in [2.05, 4.69) is 0 Å². The third-order valence-electron chi connectivity index (χ3n) is 3.33. The molecule has 5 nitrogen and oxygen atoms in total. The molecule has 1 heterocycles. The van der Waals surface area contributed by atoms with E-state index in [1.807, 2.05) is 37.3 Å². The minimum Gasteiger partial charge on any atom is -0.353 e. The normalized spacial score (nSPS) is 17.1. The standard InChI is InChI=1S/C15H17N3O2/c1-11-3-5-13(6-4-11)17-9-14(19)18(15(20)10-17)8-12(2)7-16/h3-6,12H,8-10H2,1-2H3. The molecule has 0 saturated carbocycles. The fourth-order valence-electron chi connectivity index (χ4n) is 2.15. The largest absolute Gasteiger partial charge is 0.353 e. The van der Waals surface area contributed by atoms with Crippen LogP contribution in [-0.4, -0.2) is 36.3 Å². The highest BCUT2D eigenvalue weighted by molar-refractivity contribution is 6.02. The fourth-order valence-corrected chi connectivity index (χ4v) is 2.15. The Bertz CT molecular complexity index is 541. The average Bonchev–Trinajstić information content (AvgIpc) is 2.43. The lowest BCUT2D eigenvalue weighted by molar-refractivity contribution is -0.145. The number of carbonyl (C=O) groups excluding carboxylic acids is 2. The summed E-state index contributed by atoms with van der Waals surface area (Å²) in [4.78, 5) is 27.1. The molecule has 2 rings (SSSR count). The zero-order valence-corrected chi connectivity index (χ0v) is 11.7. The van der Waals surface area contributed by atoms with Gasteiger partial charge in [-0.25, -0.2) is 0 Å². The molecule has 0 N–H and O–H groups in total. The first-order valence-electron chi connectivity index (χ1n) is 6.55. The van der Waals surface area contributed by atoms with Gasteiger partial charge < -0.3 is 4.90 Å². The van der Waals surface area contributed by atoms with E-state index in [0.29, 0.717) is 0 Å². The summed E-state index contributed by atoms with van der Waals surface area (Å²) in [6, 6.07) is 9.76. The van der Waals surface area contributed by atoms with Crippen LogP contribution < -0.4 is 4.90 Å². The highest BCUT2D eigenvalue weighted by Crippen LogP contribution is 2.18. The summed E-state index contributed by atoms with van der Waals surface area (Å²) in [5.74, 6) is -0.832. The fraction of sp³-hybridized carbons (Fsp3) is 0.400. The van der Waals surface area contributed by atoms with E-state index in [1.165, 1.54) is 4.90 Å². The van der Waals surface area contributed by atoms with Crippen LogP contribution in [0, 0.1) is 24.2 Å². The van der Waals surface area contributed by atoms with Gasteiger partial charge in [-0.1, -0.05) is 17.7 Å². The van der Waals surface area contributed by atoms with E-state index >= 15 is 0 Å². The molecule has 104 valence electrons. The Hall–Kier alpha value is -2.35. The van der Waals surface area contributed by atoms with Gasteiger partial charge in [-0.3, -0.25) is 14.5 Å². The van der Waals surface area contributed by atoms with Crippen LogP contribution >= 0.6 is 0 Å². The smallest absolute Gasteiger partial charge is 0.248 e. The second-order valence-corrected chi connectivity index (χ2v) is 5.12. The van der Waals surface area contributed by atoms with Crippen LogP contribution in [-0.2, 0) is 9.59 Å². The predicted octanol–water partition coefficient (Wildman–Crippen LogP) is 1.33. The van der Waals surface area contributed by atoms with Crippen molar-refractivity contribution in [1.82, 2.24) is 4.90 Å². The van der Waals surface area contributed by atoms with Crippen LogP contribution in [0.2, 0.25) is 0 Å². The van der Waals surface area contributed by atoms with Gasteiger partial charge in [-0.05, 0) is 26.0 Å². The summed E-state index contributed by atoms with van der Waals surface area (Å²) < 4.78 is 0. The van der Waals surface area contributed by atoms with Gasteiger partial charge in [0.2, 0.25) is 11.8 Å². The van der Waals surface area contributed by atoms with Crippen molar-refractivity contribution in [2.75, 3.05) is 24.5 Å². The maximum atomic E-state index is 12.1. The number of benzene rings is 1. The monoisotopic (exact) mass is 271 g/mol. The third kappa shape index (κ3) is 2.97. The molecule has 0 aromatic heterocycles.